The van der Waals surface area contributed by atoms with Crippen LogP contribution in [0.2, 0.25) is 5.02 Å². The van der Waals surface area contributed by atoms with Crippen molar-refractivity contribution in [3.63, 3.8) is 0 Å². The van der Waals surface area contributed by atoms with Gasteiger partial charge in [0.15, 0.2) is 0 Å². The first-order valence-electron chi connectivity index (χ1n) is 5.43. The quantitative estimate of drug-likeness (QED) is 0.923. The van der Waals surface area contributed by atoms with Gasteiger partial charge in [-0.25, -0.2) is 0 Å². The predicted octanol–water partition coefficient (Wildman–Crippen LogP) is 2.97. The molecule has 19 heavy (non-hydrogen) atoms. The number of aromatic nitrogens is 2. The highest BCUT2D eigenvalue weighted by Crippen LogP contribution is 2.27. The van der Waals surface area contributed by atoms with Crippen molar-refractivity contribution in [1.82, 2.24) is 10.1 Å². The summed E-state index contributed by atoms with van der Waals surface area (Å²) in [6.45, 7) is 0. The maximum atomic E-state index is 9.49. The lowest BCUT2D eigenvalue weighted by Gasteiger charge is -2.00. The van der Waals surface area contributed by atoms with Gasteiger partial charge in [0.05, 0.1) is 30.0 Å². The third kappa shape index (κ3) is 3.53. The summed E-state index contributed by atoms with van der Waals surface area (Å²) in [5, 5.41) is 22.4. The van der Waals surface area contributed by atoms with E-state index in [4.69, 9.17) is 21.4 Å². The number of rotatable bonds is 4. The maximum Gasteiger partial charge on any atom is 0.229 e. The summed E-state index contributed by atoms with van der Waals surface area (Å²) in [6, 6.07) is 7.15. The van der Waals surface area contributed by atoms with Crippen LogP contribution in [-0.4, -0.2) is 21.4 Å². The highest BCUT2D eigenvalue weighted by atomic mass is 79.9. The molecule has 0 fully saturated rings. The zero-order valence-electron chi connectivity index (χ0n) is 9.68. The van der Waals surface area contributed by atoms with E-state index < -0.39 is 6.10 Å². The molecular formula is C12H9BrClN3O2. The number of hydrogen-bond acceptors (Lipinski definition) is 5. The van der Waals surface area contributed by atoms with Crippen LogP contribution in [-0.2, 0) is 6.42 Å². The van der Waals surface area contributed by atoms with E-state index in [0.29, 0.717) is 16.7 Å². The minimum absolute atomic E-state index is 0.0320. The molecule has 5 nitrogen and oxygen atoms in total. The van der Waals surface area contributed by atoms with Crippen LogP contribution in [0.5, 0.6) is 0 Å². The fourth-order valence-electron chi connectivity index (χ4n) is 1.47. The third-order valence-electron chi connectivity index (χ3n) is 2.38. The van der Waals surface area contributed by atoms with Crippen molar-refractivity contribution in [3.8, 4) is 17.5 Å². The molecular weight excluding hydrogens is 334 g/mol. The molecule has 1 aromatic carbocycles. The molecule has 0 aliphatic carbocycles. The van der Waals surface area contributed by atoms with Gasteiger partial charge >= 0.3 is 0 Å². The molecule has 0 saturated carbocycles. The molecule has 0 aliphatic rings. The summed E-state index contributed by atoms with van der Waals surface area (Å²) in [5.74, 6) is 0.709. The molecule has 1 unspecified atom stereocenters. The van der Waals surface area contributed by atoms with Crippen LogP contribution in [0.1, 0.15) is 12.3 Å². The van der Waals surface area contributed by atoms with Crippen LogP contribution in [0.4, 0.5) is 0 Å². The molecule has 1 atom stereocenters. The Kier molecular flexibility index (Phi) is 4.53. The van der Waals surface area contributed by atoms with Crippen molar-refractivity contribution in [3.05, 3.63) is 33.6 Å². The number of aliphatic hydroxyl groups is 1. The Balaban J connectivity index is 2.16. The van der Waals surface area contributed by atoms with Crippen LogP contribution in [0.25, 0.3) is 11.4 Å². The molecule has 0 saturated heterocycles. The Bertz CT molecular complexity index is 624. The number of nitrogens with zero attached hydrogens (tertiary/aromatic N) is 3. The van der Waals surface area contributed by atoms with Crippen LogP contribution < -0.4 is 0 Å². The van der Waals surface area contributed by atoms with E-state index in [1.54, 1.807) is 18.2 Å². The maximum absolute atomic E-state index is 9.49. The molecule has 0 spiro atoms. The lowest BCUT2D eigenvalue weighted by Crippen LogP contribution is -2.09. The van der Waals surface area contributed by atoms with E-state index in [0.717, 1.165) is 10.0 Å². The van der Waals surface area contributed by atoms with Crippen molar-refractivity contribution in [2.24, 2.45) is 0 Å². The fourth-order valence-corrected chi connectivity index (χ4v) is 1.97. The fraction of sp³-hybridized carbons (Fsp3) is 0.250. The standard InChI is InChI=1S/C12H9BrClN3O2/c13-9-5-7(1-2-10(9)14)12-16-11(19-17-12)6-8(18)3-4-15/h1-2,5,8,18H,3,6H2. The van der Waals surface area contributed by atoms with Crippen molar-refractivity contribution >= 4 is 27.5 Å². The summed E-state index contributed by atoms with van der Waals surface area (Å²) < 4.78 is 5.77. The van der Waals surface area contributed by atoms with Crippen molar-refractivity contribution < 1.29 is 9.63 Å². The van der Waals surface area contributed by atoms with E-state index in [1.165, 1.54) is 0 Å². The van der Waals surface area contributed by atoms with Crippen LogP contribution in [0, 0.1) is 11.3 Å². The average Bonchev–Trinajstić information content (AvgIpc) is 2.81. The minimum Gasteiger partial charge on any atom is -0.392 e. The van der Waals surface area contributed by atoms with Gasteiger partial charge in [-0.3, -0.25) is 0 Å². The Morgan fingerprint density at radius 3 is 3.00 bits per heavy atom. The predicted molar refractivity (Wildman–Crippen MR) is 72.4 cm³/mol. The second-order valence-electron chi connectivity index (χ2n) is 3.86. The van der Waals surface area contributed by atoms with Crippen LogP contribution >= 0.6 is 27.5 Å². The van der Waals surface area contributed by atoms with Gasteiger partial charge in [0.1, 0.15) is 0 Å². The van der Waals surface area contributed by atoms with Gasteiger partial charge in [0.25, 0.3) is 0 Å². The van der Waals surface area contributed by atoms with Gasteiger partial charge in [-0.1, -0.05) is 16.8 Å². The van der Waals surface area contributed by atoms with Gasteiger partial charge < -0.3 is 9.63 Å². The second-order valence-corrected chi connectivity index (χ2v) is 5.12. The number of hydrogen-bond donors (Lipinski definition) is 1. The summed E-state index contributed by atoms with van der Waals surface area (Å²) in [7, 11) is 0. The second kappa shape index (κ2) is 6.15. The van der Waals surface area contributed by atoms with Crippen LogP contribution in [0.15, 0.2) is 27.2 Å². The summed E-state index contributed by atoms with van der Waals surface area (Å²) in [4.78, 5) is 4.16. The molecule has 1 heterocycles. The SMILES string of the molecule is N#CCC(O)Cc1nc(-c2ccc(Cl)c(Br)c2)no1. The number of aliphatic hydroxyl groups excluding tert-OH is 1. The van der Waals surface area contributed by atoms with Crippen LogP contribution in [0.3, 0.4) is 0 Å². The monoisotopic (exact) mass is 341 g/mol. The first-order valence-corrected chi connectivity index (χ1v) is 6.60. The Labute approximate surface area is 122 Å². The third-order valence-corrected chi connectivity index (χ3v) is 3.60. The zero-order chi connectivity index (χ0) is 13.8. The molecule has 7 heteroatoms. The minimum atomic E-state index is -0.796. The normalized spacial score (nSPS) is 12.1. The topological polar surface area (TPSA) is 82.9 Å². The largest absolute Gasteiger partial charge is 0.392 e. The summed E-state index contributed by atoms with van der Waals surface area (Å²) in [6.07, 6.45) is -0.602. The first kappa shape index (κ1) is 14.0. The lowest BCUT2D eigenvalue weighted by atomic mass is 10.2. The molecule has 0 radical (unpaired) electrons. The average molecular weight is 343 g/mol. The number of halogens is 2. The number of benzene rings is 1. The first-order chi connectivity index (χ1) is 9.10. The van der Waals surface area contributed by atoms with E-state index in [2.05, 4.69) is 26.1 Å². The van der Waals surface area contributed by atoms with E-state index in [-0.39, 0.29) is 12.8 Å². The van der Waals surface area contributed by atoms with E-state index in [1.807, 2.05) is 6.07 Å². The number of nitriles is 1. The van der Waals surface area contributed by atoms with Gasteiger partial charge in [0, 0.05) is 10.0 Å². The molecule has 98 valence electrons. The summed E-state index contributed by atoms with van der Waals surface area (Å²) in [5.41, 5.74) is 0.751. The smallest absolute Gasteiger partial charge is 0.229 e. The van der Waals surface area contributed by atoms with Gasteiger partial charge in [-0.15, -0.1) is 0 Å². The van der Waals surface area contributed by atoms with Crippen molar-refractivity contribution in [1.29, 1.82) is 5.26 Å². The molecule has 0 amide bonds. The molecule has 2 aromatic rings. The van der Waals surface area contributed by atoms with Gasteiger partial charge in [0.2, 0.25) is 11.7 Å². The zero-order valence-corrected chi connectivity index (χ0v) is 12.0. The molecule has 2 rings (SSSR count). The van der Waals surface area contributed by atoms with E-state index >= 15 is 0 Å². The Morgan fingerprint density at radius 1 is 1.53 bits per heavy atom. The Hall–Kier alpha value is -1.42. The molecule has 1 N–H and O–H groups in total. The van der Waals surface area contributed by atoms with Crippen molar-refractivity contribution in [2.45, 2.75) is 18.9 Å². The molecule has 1 aromatic heterocycles. The highest BCUT2D eigenvalue weighted by molar-refractivity contribution is 9.10. The highest BCUT2D eigenvalue weighted by Gasteiger charge is 2.13. The van der Waals surface area contributed by atoms with E-state index in [9.17, 15) is 5.11 Å². The molecule has 0 aliphatic heterocycles. The molecule has 0 bridgehead atoms. The summed E-state index contributed by atoms with van der Waals surface area (Å²) >= 11 is 9.22. The lowest BCUT2D eigenvalue weighted by molar-refractivity contribution is 0.167. The Morgan fingerprint density at radius 2 is 2.32 bits per heavy atom. The van der Waals surface area contributed by atoms with Crippen molar-refractivity contribution in [2.75, 3.05) is 0 Å². The van der Waals surface area contributed by atoms with Gasteiger partial charge in [-0.05, 0) is 34.1 Å². The van der Waals surface area contributed by atoms with Gasteiger partial charge in [-0.2, -0.15) is 10.2 Å².